The van der Waals surface area contributed by atoms with Crippen molar-refractivity contribution in [1.82, 2.24) is 10.2 Å². The first-order chi connectivity index (χ1) is 5.29. The molecule has 0 aromatic carbocycles. The Bertz CT molecular complexity index is 263. The highest BCUT2D eigenvalue weighted by Gasteiger charge is 2.24. The summed E-state index contributed by atoms with van der Waals surface area (Å²) in [7, 11) is 0. The second-order valence-corrected chi connectivity index (χ2v) is 3.09. The maximum absolute atomic E-state index is 5.10. The normalized spacial score (nSPS) is 18.4. The third-order valence-electron chi connectivity index (χ3n) is 2.32. The first-order valence-corrected chi connectivity index (χ1v) is 3.88. The summed E-state index contributed by atoms with van der Waals surface area (Å²) >= 11 is 0. The molecule has 0 saturated carbocycles. The van der Waals surface area contributed by atoms with Gasteiger partial charge in [0, 0.05) is 5.69 Å². The van der Waals surface area contributed by atoms with E-state index in [1.54, 1.807) is 0 Å². The number of aryl methyl sites for hydroxylation is 1. The summed E-state index contributed by atoms with van der Waals surface area (Å²) in [6.45, 7) is 5.83. The van der Waals surface area contributed by atoms with E-state index in [-0.39, 0.29) is 0 Å². The van der Waals surface area contributed by atoms with Gasteiger partial charge in [0.25, 0.3) is 0 Å². The average molecular weight is 152 g/mol. The Morgan fingerprint density at radius 1 is 1.45 bits per heavy atom. The van der Waals surface area contributed by atoms with Crippen LogP contribution in [0, 0.1) is 13.8 Å². The van der Waals surface area contributed by atoms with Crippen LogP contribution in [0.2, 0.25) is 0 Å². The Morgan fingerprint density at radius 2 is 2.18 bits per heavy atom. The summed E-state index contributed by atoms with van der Waals surface area (Å²) in [5, 5.41) is 7.21. The molecule has 0 radical (unpaired) electrons. The standard InChI is InChI=1S/C8H12N2O/c1-5-6(2)9-10-8(5)7-3-11-4-7/h7H,3-4H2,1-2H3,(H,9,10). The van der Waals surface area contributed by atoms with Crippen molar-refractivity contribution in [2.24, 2.45) is 0 Å². The zero-order valence-electron chi connectivity index (χ0n) is 6.85. The second kappa shape index (κ2) is 2.34. The molecule has 1 N–H and O–H groups in total. The number of hydrogen-bond acceptors (Lipinski definition) is 2. The quantitative estimate of drug-likeness (QED) is 0.655. The van der Waals surface area contributed by atoms with Crippen molar-refractivity contribution in [1.29, 1.82) is 0 Å². The minimum absolute atomic E-state index is 0.542. The van der Waals surface area contributed by atoms with Gasteiger partial charge >= 0.3 is 0 Å². The van der Waals surface area contributed by atoms with E-state index in [1.807, 2.05) is 6.92 Å². The highest BCUT2D eigenvalue weighted by molar-refractivity contribution is 5.26. The van der Waals surface area contributed by atoms with Gasteiger partial charge in [-0.25, -0.2) is 0 Å². The summed E-state index contributed by atoms with van der Waals surface area (Å²) in [6.07, 6.45) is 0. The minimum Gasteiger partial charge on any atom is -0.380 e. The molecule has 11 heavy (non-hydrogen) atoms. The smallest absolute Gasteiger partial charge is 0.0731 e. The Kier molecular flexibility index (Phi) is 1.46. The second-order valence-electron chi connectivity index (χ2n) is 3.09. The van der Waals surface area contributed by atoms with Crippen molar-refractivity contribution in [2.75, 3.05) is 13.2 Å². The molecule has 0 unspecified atom stereocenters. The molecule has 1 aliphatic rings. The number of rotatable bonds is 1. The summed E-state index contributed by atoms with van der Waals surface area (Å²) in [5.74, 6) is 0.542. The summed E-state index contributed by atoms with van der Waals surface area (Å²) in [4.78, 5) is 0. The number of aromatic nitrogens is 2. The van der Waals surface area contributed by atoms with Crippen LogP contribution in [0.5, 0.6) is 0 Å². The molecule has 0 bridgehead atoms. The molecule has 2 rings (SSSR count). The Hall–Kier alpha value is -0.830. The van der Waals surface area contributed by atoms with Crippen LogP contribution >= 0.6 is 0 Å². The van der Waals surface area contributed by atoms with Crippen molar-refractivity contribution in [3.05, 3.63) is 17.0 Å². The zero-order valence-corrected chi connectivity index (χ0v) is 6.85. The third-order valence-corrected chi connectivity index (χ3v) is 2.32. The van der Waals surface area contributed by atoms with Gasteiger partial charge in [-0.05, 0) is 19.4 Å². The molecule has 0 atom stereocenters. The van der Waals surface area contributed by atoms with Gasteiger partial charge in [-0.2, -0.15) is 5.10 Å². The van der Waals surface area contributed by atoms with Gasteiger partial charge in [-0.1, -0.05) is 0 Å². The van der Waals surface area contributed by atoms with Crippen LogP contribution in [-0.4, -0.2) is 23.4 Å². The fourth-order valence-corrected chi connectivity index (χ4v) is 1.29. The molecular weight excluding hydrogens is 140 g/mol. The lowest BCUT2D eigenvalue weighted by molar-refractivity contribution is 0.00644. The largest absolute Gasteiger partial charge is 0.380 e. The van der Waals surface area contributed by atoms with Crippen molar-refractivity contribution >= 4 is 0 Å². The van der Waals surface area contributed by atoms with E-state index in [9.17, 15) is 0 Å². The van der Waals surface area contributed by atoms with Gasteiger partial charge in [0.05, 0.1) is 24.8 Å². The van der Waals surface area contributed by atoms with E-state index in [4.69, 9.17) is 4.74 Å². The highest BCUT2D eigenvalue weighted by atomic mass is 16.5. The molecular formula is C8H12N2O. The highest BCUT2D eigenvalue weighted by Crippen LogP contribution is 2.25. The van der Waals surface area contributed by atoms with E-state index in [0.29, 0.717) is 5.92 Å². The van der Waals surface area contributed by atoms with Gasteiger partial charge in [-0.3, -0.25) is 5.10 Å². The van der Waals surface area contributed by atoms with Crippen LogP contribution in [0.4, 0.5) is 0 Å². The van der Waals surface area contributed by atoms with Crippen LogP contribution in [0.3, 0.4) is 0 Å². The van der Waals surface area contributed by atoms with Gasteiger partial charge in [0.15, 0.2) is 0 Å². The maximum atomic E-state index is 5.10. The predicted molar refractivity (Wildman–Crippen MR) is 41.6 cm³/mol. The van der Waals surface area contributed by atoms with Gasteiger partial charge in [-0.15, -0.1) is 0 Å². The number of hydrogen-bond donors (Lipinski definition) is 1. The summed E-state index contributed by atoms with van der Waals surface area (Å²) < 4.78 is 5.10. The van der Waals surface area contributed by atoms with Crippen molar-refractivity contribution < 1.29 is 4.74 Å². The molecule has 3 heteroatoms. The van der Waals surface area contributed by atoms with Crippen LogP contribution in [-0.2, 0) is 4.74 Å². The fourth-order valence-electron chi connectivity index (χ4n) is 1.29. The van der Waals surface area contributed by atoms with E-state index in [0.717, 1.165) is 13.2 Å². The van der Waals surface area contributed by atoms with Crippen LogP contribution in [0.25, 0.3) is 0 Å². The third kappa shape index (κ3) is 0.959. The monoisotopic (exact) mass is 152 g/mol. The van der Waals surface area contributed by atoms with Crippen molar-refractivity contribution in [2.45, 2.75) is 19.8 Å². The molecule has 2 heterocycles. The Balaban J connectivity index is 2.29. The molecule has 0 aliphatic carbocycles. The number of nitrogens with one attached hydrogen (secondary N) is 1. The molecule has 1 saturated heterocycles. The SMILES string of the molecule is Cc1[nH]nc(C2COC2)c1C. The van der Waals surface area contributed by atoms with Gasteiger partial charge in [0.1, 0.15) is 0 Å². The van der Waals surface area contributed by atoms with Crippen molar-refractivity contribution in [3.63, 3.8) is 0 Å². The maximum Gasteiger partial charge on any atom is 0.0731 e. The molecule has 0 spiro atoms. The fraction of sp³-hybridized carbons (Fsp3) is 0.625. The average Bonchev–Trinajstić information content (AvgIpc) is 2.15. The molecule has 3 nitrogen and oxygen atoms in total. The topological polar surface area (TPSA) is 37.9 Å². The van der Waals surface area contributed by atoms with Crippen LogP contribution in [0.1, 0.15) is 22.9 Å². The number of H-pyrrole nitrogens is 1. The Morgan fingerprint density at radius 3 is 2.55 bits per heavy atom. The Labute approximate surface area is 65.8 Å². The lowest BCUT2D eigenvalue weighted by Crippen LogP contribution is -2.26. The predicted octanol–water partition coefficient (Wildman–Crippen LogP) is 1.14. The van der Waals surface area contributed by atoms with Gasteiger partial charge < -0.3 is 4.74 Å². The lowest BCUT2D eigenvalue weighted by Gasteiger charge is -2.24. The summed E-state index contributed by atoms with van der Waals surface area (Å²) in [5.41, 5.74) is 3.65. The van der Waals surface area contributed by atoms with E-state index < -0.39 is 0 Å². The molecule has 1 aliphatic heterocycles. The van der Waals surface area contributed by atoms with E-state index in [1.165, 1.54) is 17.0 Å². The molecule has 1 fully saturated rings. The first kappa shape index (κ1) is 6.85. The number of aromatic amines is 1. The molecule has 0 amide bonds. The van der Waals surface area contributed by atoms with Crippen LogP contribution < -0.4 is 0 Å². The van der Waals surface area contributed by atoms with E-state index in [2.05, 4.69) is 17.1 Å². The number of nitrogens with zero attached hydrogens (tertiary/aromatic N) is 1. The van der Waals surface area contributed by atoms with Crippen LogP contribution in [0.15, 0.2) is 0 Å². The number of ether oxygens (including phenoxy) is 1. The molecule has 1 aromatic heterocycles. The van der Waals surface area contributed by atoms with Crippen molar-refractivity contribution in [3.8, 4) is 0 Å². The lowest BCUT2D eigenvalue weighted by atomic mass is 10.00. The van der Waals surface area contributed by atoms with Gasteiger partial charge in [0.2, 0.25) is 0 Å². The first-order valence-electron chi connectivity index (χ1n) is 3.88. The van der Waals surface area contributed by atoms with E-state index >= 15 is 0 Å². The molecule has 60 valence electrons. The zero-order chi connectivity index (χ0) is 7.84. The summed E-state index contributed by atoms with van der Waals surface area (Å²) in [6, 6.07) is 0. The minimum atomic E-state index is 0.542. The molecule has 1 aromatic rings.